The summed E-state index contributed by atoms with van der Waals surface area (Å²) < 4.78 is 0.530. The Morgan fingerprint density at radius 3 is 2.74 bits per heavy atom. The van der Waals surface area contributed by atoms with Gasteiger partial charge >= 0.3 is 0 Å². The monoisotopic (exact) mass is 317 g/mol. The molecular weight excluding hydrogens is 310 g/mol. The van der Waals surface area contributed by atoms with Crippen LogP contribution >= 0.6 is 15.9 Å². The molecule has 1 heterocycles. The summed E-state index contributed by atoms with van der Waals surface area (Å²) in [4.78, 5) is 14.6. The largest absolute Gasteiger partial charge is 0.291 e. The molecule has 0 spiro atoms. The predicted octanol–water partition coefficient (Wildman–Crippen LogP) is 3.21. The first-order chi connectivity index (χ1) is 9.11. The maximum atomic E-state index is 11.0. The normalized spacial score (nSPS) is 9.89. The van der Waals surface area contributed by atoms with Crippen LogP contribution in [0.5, 0.6) is 0 Å². The molecule has 1 aromatic heterocycles. The van der Waals surface area contributed by atoms with Crippen LogP contribution in [0.25, 0.3) is 0 Å². The smallest absolute Gasteiger partial charge is 0.258 e. The summed E-state index contributed by atoms with van der Waals surface area (Å²) in [6.07, 6.45) is 0.249. The number of nitro groups is 1. The van der Waals surface area contributed by atoms with E-state index in [1.54, 1.807) is 24.3 Å². The van der Waals surface area contributed by atoms with Gasteiger partial charge < -0.3 is 0 Å². The number of hydrogen-bond donors (Lipinski definition) is 0. The van der Waals surface area contributed by atoms with Crippen LogP contribution in [0.4, 0.5) is 5.69 Å². The van der Waals surface area contributed by atoms with Crippen molar-refractivity contribution < 1.29 is 4.92 Å². The summed E-state index contributed by atoms with van der Waals surface area (Å²) in [6.45, 7) is 0. The number of benzene rings is 1. The maximum Gasteiger partial charge on any atom is 0.291 e. The minimum absolute atomic E-state index is 0.0454. The minimum atomic E-state index is -0.468. The fourth-order valence-corrected chi connectivity index (χ4v) is 2.07. The third-order valence-corrected chi connectivity index (χ3v) is 3.05. The minimum Gasteiger partial charge on any atom is -0.258 e. The van der Waals surface area contributed by atoms with Gasteiger partial charge in [0.05, 0.1) is 16.6 Å². The Bertz CT molecular complexity index is 680. The van der Waals surface area contributed by atoms with Crippen molar-refractivity contribution in [1.82, 2.24) is 4.98 Å². The highest BCUT2D eigenvalue weighted by Crippen LogP contribution is 2.23. The Kier molecular flexibility index (Phi) is 3.88. The fourth-order valence-electron chi connectivity index (χ4n) is 1.73. The summed E-state index contributed by atoms with van der Waals surface area (Å²) in [5.41, 5.74) is 1.51. The first-order valence-electron chi connectivity index (χ1n) is 5.39. The summed E-state index contributed by atoms with van der Waals surface area (Å²) >= 11 is 3.20. The van der Waals surface area contributed by atoms with Gasteiger partial charge in [-0.25, -0.2) is 4.98 Å². The van der Waals surface area contributed by atoms with Crippen molar-refractivity contribution in [3.63, 3.8) is 0 Å². The highest BCUT2D eigenvalue weighted by molar-refractivity contribution is 9.10. The van der Waals surface area contributed by atoms with Gasteiger partial charge in [0, 0.05) is 12.5 Å². The topological polar surface area (TPSA) is 79.8 Å². The Labute approximate surface area is 117 Å². The van der Waals surface area contributed by atoms with E-state index >= 15 is 0 Å². The van der Waals surface area contributed by atoms with Crippen LogP contribution in [0.1, 0.15) is 16.8 Å². The Balaban J connectivity index is 2.46. The van der Waals surface area contributed by atoms with Gasteiger partial charge in [-0.2, -0.15) is 5.26 Å². The summed E-state index contributed by atoms with van der Waals surface area (Å²) in [7, 11) is 0. The van der Waals surface area contributed by atoms with Crippen molar-refractivity contribution in [3.8, 4) is 6.07 Å². The number of nitriles is 1. The molecule has 0 N–H and O–H groups in total. The quantitative estimate of drug-likeness (QED) is 0.494. The molecule has 0 atom stereocenters. The summed E-state index contributed by atoms with van der Waals surface area (Å²) in [5, 5.41) is 20.0. The van der Waals surface area contributed by atoms with E-state index in [4.69, 9.17) is 5.26 Å². The van der Waals surface area contributed by atoms with Gasteiger partial charge in [0.25, 0.3) is 5.69 Å². The van der Waals surface area contributed by atoms with E-state index in [9.17, 15) is 10.1 Å². The van der Waals surface area contributed by atoms with E-state index in [1.165, 1.54) is 12.1 Å². The zero-order chi connectivity index (χ0) is 13.8. The summed E-state index contributed by atoms with van der Waals surface area (Å²) in [5.74, 6) is 0. The highest BCUT2D eigenvalue weighted by atomic mass is 79.9. The average molecular weight is 318 g/mol. The SMILES string of the molecule is N#Cc1ccccc1Cc1nc(Br)ccc1[N+](=O)[O-]. The van der Waals surface area contributed by atoms with Crippen molar-refractivity contribution in [2.45, 2.75) is 6.42 Å². The van der Waals surface area contributed by atoms with E-state index in [2.05, 4.69) is 27.0 Å². The molecule has 0 aliphatic heterocycles. The van der Waals surface area contributed by atoms with Gasteiger partial charge in [-0.1, -0.05) is 18.2 Å². The molecule has 6 heteroatoms. The molecular formula is C13H8BrN3O2. The summed E-state index contributed by atoms with van der Waals surface area (Å²) in [6, 6.07) is 12.0. The van der Waals surface area contributed by atoms with Gasteiger partial charge in [0.15, 0.2) is 0 Å². The van der Waals surface area contributed by atoms with E-state index in [-0.39, 0.29) is 12.1 Å². The number of nitrogens with zero attached hydrogens (tertiary/aromatic N) is 3. The lowest BCUT2D eigenvalue weighted by Gasteiger charge is -2.04. The maximum absolute atomic E-state index is 11.0. The molecule has 5 nitrogen and oxygen atoms in total. The standard InChI is InChI=1S/C13H8BrN3O2/c14-13-6-5-12(17(18)19)11(16-13)7-9-3-1-2-4-10(9)8-15/h1-6H,7H2. The van der Waals surface area contributed by atoms with Crippen molar-refractivity contribution >= 4 is 21.6 Å². The van der Waals surface area contributed by atoms with Crippen LogP contribution < -0.4 is 0 Å². The Morgan fingerprint density at radius 1 is 1.32 bits per heavy atom. The van der Waals surface area contributed by atoms with Gasteiger partial charge in [-0.15, -0.1) is 0 Å². The lowest BCUT2D eigenvalue weighted by molar-refractivity contribution is -0.385. The number of aromatic nitrogens is 1. The molecule has 0 unspecified atom stereocenters. The third-order valence-electron chi connectivity index (χ3n) is 2.61. The van der Waals surface area contributed by atoms with E-state index in [1.807, 2.05) is 0 Å². The van der Waals surface area contributed by atoms with Crippen LogP contribution in [0, 0.1) is 21.4 Å². The molecule has 0 amide bonds. The first kappa shape index (κ1) is 13.2. The zero-order valence-electron chi connectivity index (χ0n) is 9.71. The molecule has 0 aliphatic rings. The van der Waals surface area contributed by atoms with Crippen molar-refractivity contribution in [1.29, 1.82) is 5.26 Å². The van der Waals surface area contributed by atoms with E-state index in [0.717, 1.165) is 5.56 Å². The predicted molar refractivity (Wildman–Crippen MR) is 72.6 cm³/mol. The van der Waals surface area contributed by atoms with Crippen molar-refractivity contribution in [2.75, 3.05) is 0 Å². The molecule has 0 bridgehead atoms. The molecule has 94 valence electrons. The van der Waals surface area contributed by atoms with Crippen LogP contribution in [0.3, 0.4) is 0 Å². The molecule has 0 saturated carbocycles. The molecule has 19 heavy (non-hydrogen) atoms. The second-order valence-corrected chi connectivity index (χ2v) is 4.62. The Hall–Kier alpha value is -2.26. The van der Waals surface area contributed by atoms with Gasteiger partial charge in [0.2, 0.25) is 0 Å². The van der Waals surface area contributed by atoms with E-state index in [0.29, 0.717) is 15.9 Å². The number of halogens is 1. The molecule has 0 radical (unpaired) electrons. The second-order valence-electron chi connectivity index (χ2n) is 3.80. The molecule has 2 aromatic rings. The molecule has 1 aromatic carbocycles. The first-order valence-corrected chi connectivity index (χ1v) is 6.19. The zero-order valence-corrected chi connectivity index (χ0v) is 11.3. The second kappa shape index (κ2) is 5.59. The lowest BCUT2D eigenvalue weighted by Crippen LogP contribution is -2.01. The van der Waals surface area contributed by atoms with Crippen LogP contribution in [-0.4, -0.2) is 9.91 Å². The highest BCUT2D eigenvalue weighted by Gasteiger charge is 2.17. The van der Waals surface area contributed by atoms with Crippen LogP contribution in [-0.2, 0) is 6.42 Å². The molecule has 0 aliphatic carbocycles. The molecule has 0 fully saturated rings. The van der Waals surface area contributed by atoms with Crippen LogP contribution in [0.2, 0.25) is 0 Å². The van der Waals surface area contributed by atoms with Gasteiger partial charge in [0.1, 0.15) is 10.3 Å². The fraction of sp³-hybridized carbons (Fsp3) is 0.0769. The third kappa shape index (κ3) is 2.95. The molecule has 2 rings (SSSR count). The van der Waals surface area contributed by atoms with Crippen molar-refractivity contribution in [2.24, 2.45) is 0 Å². The van der Waals surface area contributed by atoms with Crippen LogP contribution in [0.15, 0.2) is 41.0 Å². The van der Waals surface area contributed by atoms with Gasteiger partial charge in [-0.05, 0) is 33.6 Å². The lowest BCUT2D eigenvalue weighted by atomic mass is 10.0. The average Bonchev–Trinajstić information content (AvgIpc) is 2.39. The number of rotatable bonds is 3. The molecule has 0 saturated heterocycles. The number of pyridine rings is 1. The van der Waals surface area contributed by atoms with E-state index < -0.39 is 4.92 Å². The number of hydrogen-bond acceptors (Lipinski definition) is 4. The van der Waals surface area contributed by atoms with Gasteiger partial charge in [-0.3, -0.25) is 10.1 Å². The Morgan fingerprint density at radius 2 is 2.05 bits per heavy atom. The van der Waals surface area contributed by atoms with Crippen molar-refractivity contribution in [3.05, 3.63) is 67.9 Å².